The molecule has 0 bridgehead atoms. The molecular weight excluding hydrogens is 268 g/mol. The monoisotopic (exact) mass is 288 g/mol. The van der Waals surface area contributed by atoms with E-state index in [4.69, 9.17) is 9.26 Å². The number of methoxy groups -OCH3 is 1. The summed E-state index contributed by atoms with van der Waals surface area (Å²) in [5.74, 6) is 1.57. The highest BCUT2D eigenvalue weighted by Crippen LogP contribution is 2.14. The lowest BCUT2D eigenvalue weighted by Gasteiger charge is -2.06. The Morgan fingerprint density at radius 2 is 2.19 bits per heavy atom. The van der Waals surface area contributed by atoms with Crippen LogP contribution in [0.2, 0.25) is 0 Å². The minimum Gasteiger partial charge on any atom is -0.497 e. The number of hydrogen-bond donors (Lipinski definition) is 1. The van der Waals surface area contributed by atoms with Gasteiger partial charge in [-0.05, 0) is 38.0 Å². The van der Waals surface area contributed by atoms with Gasteiger partial charge < -0.3 is 14.6 Å². The Labute approximate surface area is 124 Å². The molecule has 1 heterocycles. The third-order valence-corrected chi connectivity index (χ3v) is 3.42. The van der Waals surface area contributed by atoms with Crippen molar-refractivity contribution >= 4 is 5.91 Å². The average molecular weight is 288 g/mol. The van der Waals surface area contributed by atoms with Crippen molar-refractivity contribution in [3.63, 3.8) is 0 Å². The number of aromatic nitrogens is 1. The van der Waals surface area contributed by atoms with Crippen molar-refractivity contribution in [3.8, 4) is 5.75 Å². The molecule has 0 fully saturated rings. The molecule has 1 aromatic heterocycles. The Bertz CT molecular complexity index is 600. The fourth-order valence-electron chi connectivity index (χ4n) is 2.12. The van der Waals surface area contributed by atoms with Gasteiger partial charge in [-0.2, -0.15) is 0 Å². The minimum absolute atomic E-state index is 0.0119. The predicted octanol–water partition coefficient (Wildman–Crippen LogP) is 2.55. The molecule has 0 radical (unpaired) electrons. The van der Waals surface area contributed by atoms with Gasteiger partial charge in [0.05, 0.1) is 12.8 Å². The molecule has 0 saturated carbocycles. The van der Waals surface area contributed by atoms with Crippen LogP contribution >= 0.6 is 0 Å². The van der Waals surface area contributed by atoms with E-state index in [-0.39, 0.29) is 5.91 Å². The highest BCUT2D eigenvalue weighted by molar-refractivity contribution is 5.76. The fraction of sp³-hybridized carbons (Fsp3) is 0.375. The Morgan fingerprint density at radius 3 is 2.86 bits per heavy atom. The van der Waals surface area contributed by atoms with Crippen molar-refractivity contribution in [1.82, 2.24) is 10.5 Å². The average Bonchev–Trinajstić information content (AvgIpc) is 2.82. The maximum absolute atomic E-state index is 11.9. The molecule has 0 aliphatic carbocycles. The summed E-state index contributed by atoms with van der Waals surface area (Å²) in [6.45, 7) is 4.17. The molecule has 5 heteroatoms. The summed E-state index contributed by atoms with van der Waals surface area (Å²) in [6, 6.07) is 7.75. The normalized spacial score (nSPS) is 10.4. The molecule has 112 valence electrons. The molecule has 0 spiro atoms. The van der Waals surface area contributed by atoms with Crippen molar-refractivity contribution in [2.24, 2.45) is 0 Å². The molecule has 1 amide bonds. The third-order valence-electron chi connectivity index (χ3n) is 3.42. The number of ether oxygens (including phenoxy) is 1. The standard InChI is InChI=1S/C16H20N2O3/c1-11-15(12(2)21-18-11)10-17-16(19)8-7-13-5-4-6-14(9-13)20-3/h4-6,9H,7-8,10H2,1-3H3,(H,17,19). The van der Waals surface area contributed by atoms with E-state index in [9.17, 15) is 4.79 Å². The van der Waals surface area contributed by atoms with E-state index < -0.39 is 0 Å². The zero-order valence-electron chi connectivity index (χ0n) is 12.6. The first kappa shape index (κ1) is 15.1. The van der Waals surface area contributed by atoms with E-state index in [0.29, 0.717) is 19.4 Å². The number of nitrogens with zero attached hydrogens (tertiary/aromatic N) is 1. The van der Waals surface area contributed by atoms with Crippen molar-refractivity contribution in [1.29, 1.82) is 0 Å². The van der Waals surface area contributed by atoms with Crippen molar-refractivity contribution in [2.75, 3.05) is 7.11 Å². The van der Waals surface area contributed by atoms with E-state index in [0.717, 1.165) is 28.3 Å². The fourth-order valence-corrected chi connectivity index (χ4v) is 2.12. The Balaban J connectivity index is 1.82. The first-order valence-electron chi connectivity index (χ1n) is 6.91. The third kappa shape index (κ3) is 4.08. The van der Waals surface area contributed by atoms with Gasteiger partial charge >= 0.3 is 0 Å². The number of carbonyl (C=O) groups is 1. The first-order chi connectivity index (χ1) is 10.1. The predicted molar refractivity (Wildman–Crippen MR) is 79.1 cm³/mol. The van der Waals surface area contributed by atoms with Crippen LogP contribution in [-0.4, -0.2) is 18.2 Å². The molecular formula is C16H20N2O3. The van der Waals surface area contributed by atoms with Crippen molar-refractivity contribution in [2.45, 2.75) is 33.2 Å². The van der Waals surface area contributed by atoms with Gasteiger partial charge in [0, 0.05) is 18.5 Å². The topological polar surface area (TPSA) is 64.4 Å². The Hall–Kier alpha value is -2.30. The molecule has 2 rings (SSSR count). The summed E-state index contributed by atoms with van der Waals surface area (Å²) in [4.78, 5) is 11.9. The second-order valence-electron chi connectivity index (χ2n) is 4.93. The van der Waals surface area contributed by atoms with Gasteiger partial charge in [0.25, 0.3) is 0 Å². The summed E-state index contributed by atoms with van der Waals surface area (Å²) < 4.78 is 10.2. The Morgan fingerprint density at radius 1 is 1.38 bits per heavy atom. The lowest BCUT2D eigenvalue weighted by Crippen LogP contribution is -2.23. The molecule has 0 atom stereocenters. The molecule has 1 aromatic carbocycles. The molecule has 1 N–H and O–H groups in total. The molecule has 0 aliphatic rings. The van der Waals surface area contributed by atoms with E-state index in [1.165, 1.54) is 0 Å². The number of hydrogen-bond acceptors (Lipinski definition) is 4. The van der Waals surface area contributed by atoms with Gasteiger partial charge in [0.1, 0.15) is 11.5 Å². The number of rotatable bonds is 6. The molecule has 0 aliphatic heterocycles. The number of benzene rings is 1. The van der Waals surface area contributed by atoms with Gasteiger partial charge in [-0.1, -0.05) is 17.3 Å². The minimum atomic E-state index is 0.0119. The van der Waals surface area contributed by atoms with E-state index in [2.05, 4.69) is 10.5 Å². The zero-order chi connectivity index (χ0) is 15.2. The van der Waals surface area contributed by atoms with Crippen molar-refractivity contribution < 1.29 is 14.1 Å². The van der Waals surface area contributed by atoms with Gasteiger partial charge in [-0.25, -0.2) is 0 Å². The summed E-state index contributed by atoms with van der Waals surface area (Å²) >= 11 is 0. The highest BCUT2D eigenvalue weighted by atomic mass is 16.5. The van der Waals surface area contributed by atoms with Crippen molar-refractivity contribution in [3.05, 3.63) is 46.8 Å². The molecule has 5 nitrogen and oxygen atoms in total. The van der Waals surface area contributed by atoms with Crippen LogP contribution in [0, 0.1) is 13.8 Å². The lowest BCUT2D eigenvalue weighted by molar-refractivity contribution is -0.121. The second kappa shape index (κ2) is 6.92. The quantitative estimate of drug-likeness (QED) is 0.887. The van der Waals surface area contributed by atoms with Crippen LogP contribution in [0.25, 0.3) is 0 Å². The van der Waals surface area contributed by atoms with E-state index in [1.807, 2.05) is 38.1 Å². The van der Waals surface area contributed by atoms with Crippen LogP contribution in [0.4, 0.5) is 0 Å². The second-order valence-corrected chi connectivity index (χ2v) is 4.93. The zero-order valence-corrected chi connectivity index (χ0v) is 12.6. The molecule has 0 saturated heterocycles. The number of amides is 1. The largest absolute Gasteiger partial charge is 0.497 e. The maximum Gasteiger partial charge on any atom is 0.220 e. The molecule has 0 unspecified atom stereocenters. The van der Waals surface area contributed by atoms with Gasteiger partial charge in [0.15, 0.2) is 0 Å². The summed E-state index contributed by atoms with van der Waals surface area (Å²) in [5.41, 5.74) is 2.85. The Kier molecular flexibility index (Phi) is 4.98. The van der Waals surface area contributed by atoms with Gasteiger partial charge in [-0.3, -0.25) is 4.79 Å². The van der Waals surface area contributed by atoms with Crippen LogP contribution in [0.15, 0.2) is 28.8 Å². The van der Waals surface area contributed by atoms with Gasteiger partial charge in [0.2, 0.25) is 5.91 Å². The SMILES string of the molecule is COc1cccc(CCC(=O)NCc2c(C)noc2C)c1. The molecule has 21 heavy (non-hydrogen) atoms. The van der Waals surface area contributed by atoms with Crippen LogP contribution in [0.3, 0.4) is 0 Å². The first-order valence-corrected chi connectivity index (χ1v) is 6.91. The van der Waals surface area contributed by atoms with Crippen LogP contribution < -0.4 is 10.1 Å². The van der Waals surface area contributed by atoms with Crippen LogP contribution in [0.1, 0.15) is 29.0 Å². The molecule has 2 aromatic rings. The van der Waals surface area contributed by atoms with Crippen LogP contribution in [0.5, 0.6) is 5.75 Å². The highest BCUT2D eigenvalue weighted by Gasteiger charge is 2.10. The van der Waals surface area contributed by atoms with E-state index >= 15 is 0 Å². The maximum atomic E-state index is 11.9. The number of nitrogens with one attached hydrogen (secondary N) is 1. The lowest BCUT2D eigenvalue weighted by atomic mass is 10.1. The number of aryl methyl sites for hydroxylation is 3. The van der Waals surface area contributed by atoms with E-state index in [1.54, 1.807) is 7.11 Å². The summed E-state index contributed by atoms with van der Waals surface area (Å²) in [7, 11) is 1.63. The number of carbonyl (C=O) groups excluding carboxylic acids is 1. The summed E-state index contributed by atoms with van der Waals surface area (Å²) in [6.07, 6.45) is 1.13. The smallest absolute Gasteiger partial charge is 0.220 e. The van der Waals surface area contributed by atoms with Crippen LogP contribution in [-0.2, 0) is 17.8 Å². The van der Waals surface area contributed by atoms with Gasteiger partial charge in [-0.15, -0.1) is 0 Å². The summed E-state index contributed by atoms with van der Waals surface area (Å²) in [5, 5.41) is 6.76.